The van der Waals surface area contributed by atoms with Crippen LogP contribution < -0.4 is 14.8 Å². The van der Waals surface area contributed by atoms with Crippen LogP contribution in [-0.4, -0.2) is 11.5 Å². The molecule has 174 valence electrons. The van der Waals surface area contributed by atoms with Crippen molar-refractivity contribution in [1.29, 1.82) is 0 Å². The summed E-state index contributed by atoms with van der Waals surface area (Å²) in [5.74, 6) is 1.78. The van der Waals surface area contributed by atoms with Gasteiger partial charge in [-0.15, -0.1) is 0 Å². The third-order valence-corrected chi connectivity index (χ3v) is 6.63. The molecule has 1 atom stereocenters. The Bertz CT molecular complexity index is 1410. The van der Waals surface area contributed by atoms with Crippen LogP contribution >= 0.6 is 0 Å². The maximum Gasteiger partial charge on any atom is 0.120 e. The number of rotatable bonds is 7. The number of ether oxygens (including phenoxy) is 2. The maximum absolute atomic E-state index is 6.10. The van der Waals surface area contributed by atoms with E-state index in [4.69, 9.17) is 9.47 Å². The summed E-state index contributed by atoms with van der Waals surface area (Å²) < 4.78 is 12.1. The van der Waals surface area contributed by atoms with E-state index in [2.05, 4.69) is 77.0 Å². The molecule has 1 unspecified atom stereocenters. The molecule has 35 heavy (non-hydrogen) atoms. The Morgan fingerprint density at radius 2 is 1.31 bits per heavy atom. The summed E-state index contributed by atoms with van der Waals surface area (Å²) in [4.78, 5) is 3.68. The first-order chi connectivity index (χ1) is 17.3. The minimum absolute atomic E-state index is 0.128. The Labute approximate surface area is 205 Å². The molecule has 6 rings (SSSR count). The first-order valence-corrected chi connectivity index (χ1v) is 12.1. The van der Waals surface area contributed by atoms with Crippen molar-refractivity contribution in [3.05, 3.63) is 131 Å². The average Bonchev–Trinajstić information content (AvgIpc) is 3.30. The van der Waals surface area contributed by atoms with E-state index in [1.54, 1.807) is 0 Å². The zero-order chi connectivity index (χ0) is 23.5. The number of aromatic nitrogens is 1. The van der Waals surface area contributed by atoms with Gasteiger partial charge in [0.25, 0.3) is 0 Å². The number of aromatic amines is 1. The van der Waals surface area contributed by atoms with Gasteiger partial charge >= 0.3 is 0 Å². The van der Waals surface area contributed by atoms with Crippen LogP contribution in [0, 0.1) is 0 Å². The lowest BCUT2D eigenvalue weighted by atomic mass is 9.94. The highest BCUT2D eigenvalue weighted by atomic mass is 16.5. The van der Waals surface area contributed by atoms with Gasteiger partial charge in [-0.3, -0.25) is 0 Å². The van der Waals surface area contributed by atoms with Crippen LogP contribution in [0.2, 0.25) is 0 Å². The standard InChI is InChI=1S/C31H28N2O2/c1-3-7-22(8-4-1)20-34-25-13-11-24(12-14-25)30-31-27(17-18-32-30)28-19-26(15-16-29(28)33-31)35-21-23-9-5-2-6-10-23/h1-16,19,30,32-33H,17-18,20-21H2. The zero-order valence-corrected chi connectivity index (χ0v) is 19.5. The van der Waals surface area contributed by atoms with Crippen molar-refractivity contribution in [3.8, 4) is 11.5 Å². The van der Waals surface area contributed by atoms with Gasteiger partial charge in [0.15, 0.2) is 0 Å². The van der Waals surface area contributed by atoms with E-state index in [-0.39, 0.29) is 6.04 Å². The summed E-state index contributed by atoms with van der Waals surface area (Å²) in [6.07, 6.45) is 0.992. The summed E-state index contributed by atoms with van der Waals surface area (Å²) in [6.45, 7) is 2.08. The number of benzene rings is 4. The second-order valence-corrected chi connectivity index (χ2v) is 8.98. The molecule has 0 amide bonds. The molecule has 0 radical (unpaired) electrons. The van der Waals surface area contributed by atoms with Gasteiger partial charge in [0.2, 0.25) is 0 Å². The van der Waals surface area contributed by atoms with Gasteiger partial charge in [-0.2, -0.15) is 0 Å². The van der Waals surface area contributed by atoms with Gasteiger partial charge < -0.3 is 19.8 Å². The van der Waals surface area contributed by atoms with Gasteiger partial charge in [0.1, 0.15) is 24.7 Å². The molecule has 0 saturated heterocycles. The number of nitrogens with one attached hydrogen (secondary N) is 2. The van der Waals surface area contributed by atoms with Crippen molar-refractivity contribution in [1.82, 2.24) is 10.3 Å². The Morgan fingerprint density at radius 3 is 2.00 bits per heavy atom. The molecule has 2 heterocycles. The second-order valence-electron chi connectivity index (χ2n) is 8.98. The fourth-order valence-corrected chi connectivity index (χ4v) is 4.82. The smallest absolute Gasteiger partial charge is 0.120 e. The molecule has 4 aromatic carbocycles. The topological polar surface area (TPSA) is 46.3 Å². The fraction of sp³-hybridized carbons (Fsp3) is 0.161. The van der Waals surface area contributed by atoms with Crippen molar-refractivity contribution in [2.45, 2.75) is 25.7 Å². The number of H-pyrrole nitrogens is 1. The Hall–Kier alpha value is -4.02. The molecule has 0 saturated carbocycles. The Kier molecular flexibility index (Phi) is 5.95. The maximum atomic E-state index is 6.10. The van der Waals surface area contributed by atoms with E-state index in [1.807, 2.05) is 36.4 Å². The summed E-state index contributed by atoms with van der Waals surface area (Å²) in [5, 5.41) is 4.94. The normalized spacial score (nSPS) is 15.0. The molecule has 4 nitrogen and oxygen atoms in total. The van der Waals surface area contributed by atoms with Crippen LogP contribution in [0.3, 0.4) is 0 Å². The molecule has 0 fully saturated rings. The van der Waals surface area contributed by atoms with Gasteiger partial charge in [-0.05, 0) is 59.0 Å². The highest BCUT2D eigenvalue weighted by Gasteiger charge is 2.25. The quantitative estimate of drug-likeness (QED) is 0.289. The van der Waals surface area contributed by atoms with E-state index >= 15 is 0 Å². The first kappa shape index (κ1) is 21.5. The first-order valence-electron chi connectivity index (χ1n) is 12.1. The molecule has 1 aliphatic heterocycles. The lowest BCUT2D eigenvalue weighted by molar-refractivity contribution is 0.306. The van der Waals surface area contributed by atoms with Crippen molar-refractivity contribution in [2.24, 2.45) is 0 Å². The second kappa shape index (κ2) is 9.69. The number of hydrogen-bond donors (Lipinski definition) is 2. The molecular formula is C31H28N2O2. The van der Waals surface area contributed by atoms with Crippen molar-refractivity contribution in [2.75, 3.05) is 6.54 Å². The average molecular weight is 461 g/mol. The predicted molar refractivity (Wildman–Crippen MR) is 140 cm³/mol. The SMILES string of the molecule is c1ccc(COc2ccc(C3NCCc4c3[nH]c3ccc(OCc5ccccc5)cc43)cc2)cc1. The zero-order valence-electron chi connectivity index (χ0n) is 19.5. The van der Waals surface area contributed by atoms with Crippen LogP contribution in [0.15, 0.2) is 103 Å². The predicted octanol–water partition coefficient (Wildman–Crippen LogP) is 6.56. The minimum atomic E-state index is 0.128. The largest absolute Gasteiger partial charge is 0.489 e. The van der Waals surface area contributed by atoms with Gasteiger partial charge in [-0.1, -0.05) is 72.8 Å². The van der Waals surface area contributed by atoms with Crippen LogP contribution in [0.1, 0.15) is 34.0 Å². The van der Waals surface area contributed by atoms with Gasteiger partial charge in [0, 0.05) is 23.1 Å². The van der Waals surface area contributed by atoms with Gasteiger partial charge in [0.05, 0.1) is 6.04 Å². The highest BCUT2D eigenvalue weighted by Crippen LogP contribution is 2.35. The molecule has 4 heteroatoms. The summed E-state index contributed by atoms with van der Waals surface area (Å²) >= 11 is 0. The highest BCUT2D eigenvalue weighted by molar-refractivity contribution is 5.86. The molecule has 0 bridgehead atoms. The molecular weight excluding hydrogens is 432 g/mol. The molecule has 2 N–H and O–H groups in total. The van der Waals surface area contributed by atoms with Crippen LogP contribution in [-0.2, 0) is 19.6 Å². The molecule has 1 aliphatic rings. The Morgan fingerprint density at radius 1 is 0.686 bits per heavy atom. The molecule has 0 aliphatic carbocycles. The third-order valence-electron chi connectivity index (χ3n) is 6.63. The third kappa shape index (κ3) is 4.66. The minimum Gasteiger partial charge on any atom is -0.489 e. The summed E-state index contributed by atoms with van der Waals surface area (Å²) in [5.41, 5.74) is 7.33. The monoisotopic (exact) mass is 460 g/mol. The van der Waals surface area contributed by atoms with E-state index in [0.29, 0.717) is 13.2 Å². The summed E-state index contributed by atoms with van der Waals surface area (Å²) in [6, 6.07) is 35.5. The van der Waals surface area contributed by atoms with Crippen molar-refractivity contribution in [3.63, 3.8) is 0 Å². The Balaban J connectivity index is 1.20. The van der Waals surface area contributed by atoms with E-state index in [9.17, 15) is 0 Å². The van der Waals surface area contributed by atoms with Gasteiger partial charge in [-0.25, -0.2) is 0 Å². The number of hydrogen-bond acceptors (Lipinski definition) is 3. The van der Waals surface area contributed by atoms with E-state index < -0.39 is 0 Å². The molecule has 5 aromatic rings. The van der Waals surface area contributed by atoms with E-state index in [0.717, 1.165) is 30.0 Å². The summed E-state index contributed by atoms with van der Waals surface area (Å²) in [7, 11) is 0. The lowest BCUT2D eigenvalue weighted by Crippen LogP contribution is -2.30. The fourth-order valence-electron chi connectivity index (χ4n) is 4.82. The van der Waals surface area contributed by atoms with Crippen LogP contribution in [0.25, 0.3) is 10.9 Å². The van der Waals surface area contributed by atoms with Crippen LogP contribution in [0.4, 0.5) is 0 Å². The van der Waals surface area contributed by atoms with E-state index in [1.165, 1.54) is 33.3 Å². The van der Waals surface area contributed by atoms with Crippen molar-refractivity contribution >= 4 is 10.9 Å². The lowest BCUT2D eigenvalue weighted by Gasteiger charge is -2.25. The molecule has 0 spiro atoms. The van der Waals surface area contributed by atoms with Crippen molar-refractivity contribution < 1.29 is 9.47 Å². The number of fused-ring (bicyclic) bond motifs is 3. The molecule has 1 aromatic heterocycles. The van der Waals surface area contributed by atoms with Crippen LogP contribution in [0.5, 0.6) is 11.5 Å².